The zero-order valence-corrected chi connectivity index (χ0v) is 15.4. The van der Waals surface area contributed by atoms with Gasteiger partial charge in [0.1, 0.15) is 11.9 Å². The van der Waals surface area contributed by atoms with E-state index < -0.39 is 10.0 Å². The van der Waals surface area contributed by atoms with Crippen LogP contribution in [0, 0.1) is 5.92 Å². The van der Waals surface area contributed by atoms with Crippen LogP contribution in [0.25, 0.3) is 0 Å². The van der Waals surface area contributed by atoms with Crippen molar-refractivity contribution in [2.75, 3.05) is 12.3 Å². The van der Waals surface area contributed by atoms with Crippen LogP contribution in [0.2, 0.25) is 0 Å². The fraction of sp³-hybridized carbons (Fsp3) is 0.556. The highest BCUT2D eigenvalue weighted by Gasteiger charge is 2.25. The molecule has 7 heteroatoms. The van der Waals surface area contributed by atoms with Crippen LogP contribution in [0.4, 0.5) is 0 Å². The van der Waals surface area contributed by atoms with Crippen molar-refractivity contribution >= 4 is 10.0 Å². The van der Waals surface area contributed by atoms with Gasteiger partial charge in [-0.15, -0.1) is 0 Å². The Balaban J connectivity index is 1.42. The lowest BCUT2D eigenvalue weighted by Crippen LogP contribution is -2.40. The summed E-state index contributed by atoms with van der Waals surface area (Å²) in [6.45, 7) is 2.54. The van der Waals surface area contributed by atoms with Gasteiger partial charge in [-0.3, -0.25) is 10.3 Å². The molecule has 0 bridgehead atoms. The highest BCUT2D eigenvalue weighted by atomic mass is 32.2. The van der Waals surface area contributed by atoms with Crippen molar-refractivity contribution in [3.05, 3.63) is 47.8 Å². The van der Waals surface area contributed by atoms with Crippen molar-refractivity contribution in [3.8, 4) is 0 Å². The quantitative estimate of drug-likeness (QED) is 0.690. The number of hydroxylamine groups is 1. The molecular formula is C18H27N3O3S. The fourth-order valence-electron chi connectivity index (χ4n) is 3.32. The maximum Gasteiger partial charge on any atom is 0.211 e. The van der Waals surface area contributed by atoms with Gasteiger partial charge in [0.2, 0.25) is 10.0 Å². The maximum absolute atomic E-state index is 11.6. The third kappa shape index (κ3) is 5.20. The van der Waals surface area contributed by atoms with Crippen molar-refractivity contribution in [1.82, 2.24) is 15.5 Å². The van der Waals surface area contributed by atoms with E-state index in [1.54, 1.807) is 6.92 Å². The minimum Gasteiger partial charge on any atom is -0.370 e. The lowest BCUT2D eigenvalue weighted by atomic mass is 9.86. The predicted molar refractivity (Wildman–Crippen MR) is 97.8 cm³/mol. The molecule has 1 saturated carbocycles. The number of sulfonamides is 1. The molecule has 1 aromatic rings. The first kappa shape index (κ1) is 18.2. The Morgan fingerprint density at radius 2 is 1.88 bits per heavy atom. The molecule has 2 aliphatic rings. The normalized spacial score (nSPS) is 26.8. The van der Waals surface area contributed by atoms with Gasteiger partial charge in [-0.1, -0.05) is 30.3 Å². The van der Waals surface area contributed by atoms with E-state index in [-0.39, 0.29) is 17.9 Å². The molecule has 1 aliphatic heterocycles. The molecular weight excluding hydrogens is 338 g/mol. The lowest BCUT2D eigenvalue weighted by molar-refractivity contribution is 0.0390. The maximum atomic E-state index is 11.6. The summed E-state index contributed by atoms with van der Waals surface area (Å²) in [6, 6.07) is 10.2. The molecule has 25 heavy (non-hydrogen) atoms. The van der Waals surface area contributed by atoms with E-state index in [2.05, 4.69) is 21.6 Å². The number of hydrogen-bond donors (Lipinski definition) is 3. The minimum atomic E-state index is -3.10. The largest absolute Gasteiger partial charge is 0.370 e. The predicted octanol–water partition coefficient (Wildman–Crippen LogP) is 2.19. The first-order valence-electron chi connectivity index (χ1n) is 8.98. The van der Waals surface area contributed by atoms with Crippen molar-refractivity contribution in [1.29, 1.82) is 0 Å². The first-order chi connectivity index (χ1) is 12.1. The van der Waals surface area contributed by atoms with E-state index in [0.717, 1.165) is 43.6 Å². The van der Waals surface area contributed by atoms with Gasteiger partial charge in [-0.05, 0) is 50.2 Å². The van der Waals surface area contributed by atoms with E-state index in [1.165, 1.54) is 0 Å². The van der Waals surface area contributed by atoms with Crippen molar-refractivity contribution in [3.63, 3.8) is 0 Å². The van der Waals surface area contributed by atoms with Crippen LogP contribution in [0.5, 0.6) is 0 Å². The number of benzene rings is 1. The monoisotopic (exact) mass is 365 g/mol. The summed E-state index contributed by atoms with van der Waals surface area (Å²) >= 11 is 0. The second-order valence-electron chi connectivity index (χ2n) is 6.75. The summed E-state index contributed by atoms with van der Waals surface area (Å²) in [6.07, 6.45) is 5.85. The summed E-state index contributed by atoms with van der Waals surface area (Å²) in [5.41, 5.74) is 4.07. The molecule has 1 aliphatic carbocycles. The second kappa shape index (κ2) is 8.21. The van der Waals surface area contributed by atoms with Gasteiger partial charge in [0, 0.05) is 12.6 Å². The molecule has 3 N–H and O–H groups in total. The highest BCUT2D eigenvalue weighted by Crippen LogP contribution is 2.26. The fourth-order valence-corrected chi connectivity index (χ4v) is 4.23. The van der Waals surface area contributed by atoms with E-state index in [9.17, 15) is 8.42 Å². The Morgan fingerprint density at radius 3 is 2.56 bits per heavy atom. The molecule has 1 heterocycles. The number of hydrogen-bond acceptors (Lipinski definition) is 5. The summed E-state index contributed by atoms with van der Waals surface area (Å²) in [5, 5.41) is 3.41. The minimum absolute atomic E-state index is 0.0668. The van der Waals surface area contributed by atoms with Crippen LogP contribution in [0.3, 0.4) is 0 Å². The number of rotatable bonds is 7. The Morgan fingerprint density at radius 1 is 1.16 bits per heavy atom. The number of nitrogens with one attached hydrogen (secondary N) is 3. The van der Waals surface area contributed by atoms with Gasteiger partial charge in [0.25, 0.3) is 0 Å². The van der Waals surface area contributed by atoms with Crippen LogP contribution >= 0.6 is 0 Å². The molecule has 0 aromatic heterocycles. The molecule has 1 aromatic carbocycles. The average molecular weight is 365 g/mol. The van der Waals surface area contributed by atoms with Crippen LogP contribution in [-0.2, 0) is 14.9 Å². The first-order valence-corrected chi connectivity index (χ1v) is 10.6. The summed E-state index contributed by atoms with van der Waals surface area (Å²) in [4.78, 5) is 5.59. The van der Waals surface area contributed by atoms with Gasteiger partial charge >= 0.3 is 0 Å². The van der Waals surface area contributed by atoms with Gasteiger partial charge in [0.15, 0.2) is 0 Å². The van der Waals surface area contributed by atoms with Crippen molar-refractivity contribution < 1.29 is 13.3 Å². The Bertz CT molecular complexity index is 683. The molecule has 3 rings (SSSR count). The van der Waals surface area contributed by atoms with E-state index in [4.69, 9.17) is 4.84 Å². The SMILES string of the molecule is CCS(=O)(=O)NC1CCC(CNC2=CC(c3ccccc3)ON2)CC1. The highest BCUT2D eigenvalue weighted by molar-refractivity contribution is 7.89. The third-order valence-electron chi connectivity index (χ3n) is 4.90. The molecule has 0 radical (unpaired) electrons. The molecule has 138 valence electrons. The van der Waals surface area contributed by atoms with E-state index >= 15 is 0 Å². The molecule has 0 saturated heterocycles. The Kier molecular flexibility index (Phi) is 5.98. The van der Waals surface area contributed by atoms with Crippen LogP contribution < -0.4 is 15.5 Å². The molecule has 1 atom stereocenters. The van der Waals surface area contributed by atoms with E-state index in [0.29, 0.717) is 5.92 Å². The third-order valence-corrected chi connectivity index (χ3v) is 6.35. The summed E-state index contributed by atoms with van der Waals surface area (Å²) in [7, 11) is -3.10. The van der Waals surface area contributed by atoms with Crippen LogP contribution in [0.1, 0.15) is 44.3 Å². The van der Waals surface area contributed by atoms with Gasteiger partial charge in [-0.25, -0.2) is 13.1 Å². The van der Waals surface area contributed by atoms with Crippen molar-refractivity contribution in [2.24, 2.45) is 5.92 Å². The Hall–Kier alpha value is -1.57. The molecule has 1 unspecified atom stereocenters. The average Bonchev–Trinajstić information content (AvgIpc) is 3.11. The van der Waals surface area contributed by atoms with Crippen molar-refractivity contribution in [2.45, 2.75) is 44.8 Å². The topological polar surface area (TPSA) is 79.5 Å². The van der Waals surface area contributed by atoms with Gasteiger partial charge < -0.3 is 5.32 Å². The van der Waals surface area contributed by atoms with Crippen LogP contribution in [-0.4, -0.2) is 26.8 Å². The summed E-state index contributed by atoms with van der Waals surface area (Å²) in [5.74, 6) is 1.61. The lowest BCUT2D eigenvalue weighted by Gasteiger charge is -2.29. The zero-order chi connectivity index (χ0) is 17.7. The van der Waals surface area contributed by atoms with Gasteiger partial charge in [-0.2, -0.15) is 0 Å². The van der Waals surface area contributed by atoms with Gasteiger partial charge in [0.05, 0.1) is 5.75 Å². The molecule has 1 fully saturated rings. The smallest absolute Gasteiger partial charge is 0.211 e. The molecule has 6 nitrogen and oxygen atoms in total. The van der Waals surface area contributed by atoms with E-state index in [1.807, 2.05) is 30.3 Å². The molecule has 0 amide bonds. The summed E-state index contributed by atoms with van der Waals surface area (Å²) < 4.78 is 26.1. The Labute approximate surface area is 150 Å². The molecule has 0 spiro atoms. The van der Waals surface area contributed by atoms with Crippen LogP contribution in [0.15, 0.2) is 42.2 Å². The zero-order valence-electron chi connectivity index (χ0n) is 14.6. The standard InChI is InChI=1S/C18H27N3O3S/c1-2-25(22,23)21-16-10-8-14(9-11-16)13-19-18-12-17(24-20-18)15-6-4-3-5-7-15/h3-7,12,14,16-17,19-21H,2,8-11,13H2,1H3. The second-order valence-corrected chi connectivity index (χ2v) is 8.79.